The highest BCUT2D eigenvalue weighted by Crippen LogP contribution is 2.14. The second-order valence-corrected chi connectivity index (χ2v) is 6.02. The van der Waals surface area contributed by atoms with Crippen LogP contribution in [0.1, 0.15) is 89.9 Å². The van der Waals surface area contributed by atoms with Crippen LogP contribution in [0.5, 0.6) is 0 Å². The summed E-state index contributed by atoms with van der Waals surface area (Å²) >= 11 is 0. The molecular weight excluding hydrogens is 264 g/mol. The molecule has 126 valence electrons. The second kappa shape index (κ2) is 17.5. The van der Waals surface area contributed by atoms with Gasteiger partial charge in [-0.3, -0.25) is 0 Å². The quantitative estimate of drug-likeness (QED) is 0.281. The van der Waals surface area contributed by atoms with Crippen molar-refractivity contribution in [2.24, 2.45) is 0 Å². The zero-order valence-corrected chi connectivity index (χ0v) is 13.7. The van der Waals surface area contributed by atoms with E-state index in [-0.39, 0.29) is 6.10 Å². The Balaban J connectivity index is 3.14. The summed E-state index contributed by atoms with van der Waals surface area (Å²) in [6.45, 7) is 0.324. The van der Waals surface area contributed by atoms with Gasteiger partial charge in [0.1, 0.15) is 0 Å². The van der Waals surface area contributed by atoms with E-state index >= 15 is 0 Å². The topological polar surface area (TPSA) is 60.7 Å². The molecule has 3 heteroatoms. The molecule has 0 aromatic carbocycles. The molecule has 3 nitrogen and oxygen atoms in total. The standard InChI is InChI=1S/C18H36O3/c19-16-12-8-4-1-2-6-10-14-18(21)15-11-7-3-5-9-13-17-20/h13,17-21H,1-12,14-16H2. The number of hydrogen-bond acceptors (Lipinski definition) is 3. The Morgan fingerprint density at radius 3 is 1.67 bits per heavy atom. The molecule has 0 heterocycles. The van der Waals surface area contributed by atoms with E-state index in [0.717, 1.165) is 57.6 Å². The van der Waals surface area contributed by atoms with Gasteiger partial charge in [-0.2, -0.15) is 0 Å². The van der Waals surface area contributed by atoms with Gasteiger partial charge in [0.15, 0.2) is 0 Å². The van der Waals surface area contributed by atoms with Crippen LogP contribution in [0.3, 0.4) is 0 Å². The van der Waals surface area contributed by atoms with E-state index in [9.17, 15) is 5.11 Å². The van der Waals surface area contributed by atoms with Gasteiger partial charge in [0.2, 0.25) is 0 Å². The molecule has 21 heavy (non-hydrogen) atoms. The molecular formula is C18H36O3. The maximum Gasteiger partial charge on any atom is 0.0751 e. The van der Waals surface area contributed by atoms with Crippen molar-refractivity contribution in [3.05, 3.63) is 12.3 Å². The van der Waals surface area contributed by atoms with Gasteiger partial charge < -0.3 is 15.3 Å². The van der Waals surface area contributed by atoms with Crippen LogP contribution < -0.4 is 0 Å². The molecule has 1 atom stereocenters. The Labute approximate surface area is 131 Å². The largest absolute Gasteiger partial charge is 0.516 e. The number of hydrogen-bond donors (Lipinski definition) is 3. The summed E-state index contributed by atoms with van der Waals surface area (Å²) in [7, 11) is 0. The number of allylic oxidation sites excluding steroid dienone is 1. The number of unbranched alkanes of at least 4 members (excludes halogenated alkanes) is 10. The van der Waals surface area contributed by atoms with Crippen molar-refractivity contribution in [3.8, 4) is 0 Å². The fraction of sp³-hybridized carbons (Fsp3) is 0.889. The third-order valence-corrected chi connectivity index (χ3v) is 3.96. The predicted octanol–water partition coefficient (Wildman–Crippen LogP) is 4.87. The normalized spacial score (nSPS) is 13.0. The molecule has 0 saturated heterocycles. The van der Waals surface area contributed by atoms with E-state index in [1.807, 2.05) is 0 Å². The molecule has 0 aliphatic carbocycles. The first-order valence-electron chi connectivity index (χ1n) is 8.89. The highest BCUT2D eigenvalue weighted by Gasteiger charge is 2.03. The minimum absolute atomic E-state index is 0.114. The summed E-state index contributed by atoms with van der Waals surface area (Å²) in [4.78, 5) is 0. The third-order valence-electron chi connectivity index (χ3n) is 3.96. The van der Waals surface area contributed by atoms with Gasteiger partial charge in [-0.25, -0.2) is 0 Å². The summed E-state index contributed by atoms with van der Waals surface area (Å²) in [5.41, 5.74) is 0. The van der Waals surface area contributed by atoms with Gasteiger partial charge in [0.25, 0.3) is 0 Å². The lowest BCUT2D eigenvalue weighted by atomic mass is 10.0. The van der Waals surface area contributed by atoms with Crippen LogP contribution in [-0.2, 0) is 0 Å². The lowest BCUT2D eigenvalue weighted by molar-refractivity contribution is 0.147. The summed E-state index contributed by atoms with van der Waals surface area (Å²) in [6, 6.07) is 0. The average Bonchev–Trinajstić information content (AvgIpc) is 2.49. The van der Waals surface area contributed by atoms with Gasteiger partial charge in [-0.1, -0.05) is 63.9 Å². The molecule has 0 aliphatic rings. The summed E-state index contributed by atoms with van der Waals surface area (Å²) < 4.78 is 0. The highest BCUT2D eigenvalue weighted by molar-refractivity contribution is 4.70. The number of rotatable bonds is 16. The Bertz CT molecular complexity index is 217. The Kier molecular flexibility index (Phi) is 17.1. The van der Waals surface area contributed by atoms with Crippen molar-refractivity contribution in [3.63, 3.8) is 0 Å². The maximum absolute atomic E-state index is 9.89. The van der Waals surface area contributed by atoms with E-state index < -0.39 is 0 Å². The molecule has 0 aromatic heterocycles. The van der Waals surface area contributed by atoms with E-state index in [0.29, 0.717) is 6.61 Å². The molecule has 0 amide bonds. The zero-order chi connectivity index (χ0) is 15.6. The highest BCUT2D eigenvalue weighted by atomic mass is 16.3. The predicted molar refractivity (Wildman–Crippen MR) is 89.5 cm³/mol. The van der Waals surface area contributed by atoms with Crippen molar-refractivity contribution in [1.29, 1.82) is 0 Å². The van der Waals surface area contributed by atoms with Gasteiger partial charge in [0, 0.05) is 6.61 Å². The van der Waals surface area contributed by atoms with E-state index in [1.165, 1.54) is 38.5 Å². The molecule has 0 fully saturated rings. The van der Waals surface area contributed by atoms with Crippen LogP contribution in [0.25, 0.3) is 0 Å². The molecule has 0 spiro atoms. The van der Waals surface area contributed by atoms with E-state index in [2.05, 4.69) is 0 Å². The van der Waals surface area contributed by atoms with Crippen LogP contribution >= 0.6 is 0 Å². The molecule has 0 aromatic rings. The molecule has 0 saturated carbocycles. The Hall–Kier alpha value is -0.540. The van der Waals surface area contributed by atoms with Crippen molar-refractivity contribution >= 4 is 0 Å². The van der Waals surface area contributed by atoms with Crippen LogP contribution in [0.15, 0.2) is 12.3 Å². The minimum atomic E-state index is -0.114. The van der Waals surface area contributed by atoms with Gasteiger partial charge in [-0.15, -0.1) is 0 Å². The first-order valence-corrected chi connectivity index (χ1v) is 8.89. The van der Waals surface area contributed by atoms with Crippen LogP contribution in [0.2, 0.25) is 0 Å². The SMILES string of the molecule is OC=CCCCCCCC(O)CCCCCCCCCO. The van der Waals surface area contributed by atoms with Crippen LogP contribution in [0, 0.1) is 0 Å². The first-order chi connectivity index (χ1) is 10.3. The molecule has 3 N–H and O–H groups in total. The molecule has 1 unspecified atom stereocenters. The Morgan fingerprint density at radius 2 is 1.14 bits per heavy atom. The first kappa shape index (κ1) is 20.5. The van der Waals surface area contributed by atoms with Crippen molar-refractivity contribution < 1.29 is 15.3 Å². The third kappa shape index (κ3) is 17.4. The monoisotopic (exact) mass is 300 g/mol. The zero-order valence-electron chi connectivity index (χ0n) is 13.7. The summed E-state index contributed by atoms with van der Waals surface area (Å²) in [5.74, 6) is 0. The number of aliphatic hydroxyl groups excluding tert-OH is 3. The smallest absolute Gasteiger partial charge is 0.0751 e. The maximum atomic E-state index is 9.89. The van der Waals surface area contributed by atoms with Crippen molar-refractivity contribution in [1.82, 2.24) is 0 Å². The van der Waals surface area contributed by atoms with Gasteiger partial charge in [0.05, 0.1) is 12.4 Å². The van der Waals surface area contributed by atoms with Crippen LogP contribution in [0.4, 0.5) is 0 Å². The Morgan fingerprint density at radius 1 is 0.667 bits per heavy atom. The van der Waals surface area contributed by atoms with Crippen molar-refractivity contribution in [2.45, 2.75) is 96.0 Å². The lowest BCUT2D eigenvalue weighted by Gasteiger charge is -2.10. The molecule has 0 bridgehead atoms. The molecule has 0 aliphatic heterocycles. The fourth-order valence-corrected chi connectivity index (χ4v) is 2.59. The van der Waals surface area contributed by atoms with E-state index in [4.69, 9.17) is 10.2 Å². The second-order valence-electron chi connectivity index (χ2n) is 6.02. The van der Waals surface area contributed by atoms with Gasteiger partial charge in [-0.05, 0) is 32.1 Å². The van der Waals surface area contributed by atoms with E-state index in [1.54, 1.807) is 6.08 Å². The number of aliphatic hydroxyl groups is 3. The van der Waals surface area contributed by atoms with Gasteiger partial charge >= 0.3 is 0 Å². The summed E-state index contributed by atoms with van der Waals surface area (Å²) in [5, 5.41) is 27.1. The molecule has 0 rings (SSSR count). The lowest BCUT2D eigenvalue weighted by Crippen LogP contribution is -2.05. The average molecular weight is 300 g/mol. The summed E-state index contributed by atoms with van der Waals surface area (Å²) in [6.07, 6.45) is 18.5. The van der Waals surface area contributed by atoms with Crippen molar-refractivity contribution in [2.75, 3.05) is 6.61 Å². The van der Waals surface area contributed by atoms with Crippen LogP contribution in [-0.4, -0.2) is 28.0 Å². The fourth-order valence-electron chi connectivity index (χ4n) is 2.59. The minimum Gasteiger partial charge on any atom is -0.516 e. The molecule has 0 radical (unpaired) electrons.